The van der Waals surface area contributed by atoms with Crippen LogP contribution >= 0.6 is 0 Å². The van der Waals surface area contributed by atoms with E-state index in [9.17, 15) is 10.5 Å². The molecule has 7 heteroatoms. The lowest BCUT2D eigenvalue weighted by Gasteiger charge is -2.31. The zero-order valence-electron chi connectivity index (χ0n) is 42.4. The van der Waals surface area contributed by atoms with E-state index in [4.69, 9.17) is 10.8 Å². The number of aliphatic hydroxyl groups is 2. The molecule has 0 aliphatic heterocycles. The summed E-state index contributed by atoms with van der Waals surface area (Å²) in [5.41, 5.74) is 17.2. The summed E-state index contributed by atoms with van der Waals surface area (Å²) >= 11 is 0. The minimum absolute atomic E-state index is 0.152. The molecule has 1 aliphatic rings. The lowest BCUT2D eigenvalue weighted by atomic mass is 9.83. The number of allylic oxidation sites excluding steroid dienone is 6. The molecule has 0 amide bonds. The predicted molar refractivity (Wildman–Crippen MR) is 265 cm³/mol. The quantitative estimate of drug-likeness (QED) is 0.0456. The first kappa shape index (κ1) is 57.1. The van der Waals surface area contributed by atoms with Crippen molar-refractivity contribution >= 4 is 22.3 Å². The number of nitrogen functional groups attached to an aromatic ring is 1. The van der Waals surface area contributed by atoms with Crippen LogP contribution in [0.25, 0.3) is 10.9 Å². The minimum Gasteiger partial charge on any atom is -0.396 e. The summed E-state index contributed by atoms with van der Waals surface area (Å²) in [5, 5.41) is 29.5. The third-order valence-electron chi connectivity index (χ3n) is 13.1. The van der Waals surface area contributed by atoms with E-state index in [-0.39, 0.29) is 6.61 Å². The zero-order chi connectivity index (χ0) is 46.3. The number of rotatable bonds is 20. The minimum atomic E-state index is -0.152. The number of benzene rings is 1. The summed E-state index contributed by atoms with van der Waals surface area (Å²) < 4.78 is 0. The van der Waals surface area contributed by atoms with Gasteiger partial charge in [-0.25, -0.2) is 9.97 Å². The van der Waals surface area contributed by atoms with Crippen LogP contribution in [0, 0.1) is 36.5 Å². The van der Waals surface area contributed by atoms with Crippen molar-refractivity contribution in [3.05, 3.63) is 62.2 Å². The summed E-state index contributed by atoms with van der Waals surface area (Å²) in [6.45, 7) is 40.6. The molecular weight excluding hydrogens is 739 g/mol. The number of aryl methyl sites for hydroxylation is 2. The number of nitrogens with zero attached hydrogens (tertiary/aromatic N) is 3. The SMILES string of the molecule is C/C=C(C)\C(C)=C(/C(=N)c1c(CC)c(CO)c2c(C)nc(C)nc2c1N)C(C)=C(C)C.CCC(C)C.CCCCCCC(C)CC.CC[C@@H](C)N(CCO)CC1(CC)CC1. The van der Waals surface area contributed by atoms with Gasteiger partial charge in [0.1, 0.15) is 5.82 Å². The van der Waals surface area contributed by atoms with Crippen molar-refractivity contribution < 1.29 is 10.2 Å². The van der Waals surface area contributed by atoms with Crippen LogP contribution in [0.2, 0.25) is 0 Å². The van der Waals surface area contributed by atoms with Gasteiger partial charge >= 0.3 is 0 Å². The fourth-order valence-corrected chi connectivity index (χ4v) is 7.34. The van der Waals surface area contributed by atoms with Crippen molar-refractivity contribution in [2.45, 2.75) is 214 Å². The predicted octanol–water partition coefficient (Wildman–Crippen LogP) is 14.2. The third-order valence-corrected chi connectivity index (χ3v) is 13.1. The molecule has 1 unspecified atom stereocenters. The standard InChI is InChI=1S/C26H36N4O.C12H25NO.C10H22.C5H12/c1-10-14(5)16(7)21(15(6)13(3)4)24(27)23-19(11-2)20(12-31)22-17(8)29-18(9)30-26(22)25(23)28;1-4-11(3)13(8-9-14)10-12(5-2)6-7-12;1-4-6-7-8-9-10(3)5-2;1-4-5(2)3/h10,27,31H,11-12,28H2,1-9H3;11,14H,4-10H2,1-3H3;10H,4-9H2,1-3H3;5H,4H2,1-3H3/b14-10-,21-16-,27-24?;;;/t;11-;;/m.1../s1. The molecule has 1 aromatic heterocycles. The Hall–Kier alpha value is -2.87. The van der Waals surface area contributed by atoms with Crippen LogP contribution in [0.15, 0.2) is 33.9 Å². The molecule has 60 heavy (non-hydrogen) atoms. The van der Waals surface area contributed by atoms with Gasteiger partial charge in [0, 0.05) is 41.3 Å². The first-order chi connectivity index (χ1) is 28.3. The van der Waals surface area contributed by atoms with E-state index in [0.29, 0.717) is 52.8 Å². The third kappa shape index (κ3) is 17.8. The van der Waals surface area contributed by atoms with Crippen molar-refractivity contribution in [2.75, 3.05) is 25.4 Å². The van der Waals surface area contributed by atoms with Gasteiger partial charge in [-0.2, -0.15) is 0 Å². The Labute approximate surface area is 370 Å². The summed E-state index contributed by atoms with van der Waals surface area (Å²) in [7, 11) is 0. The Morgan fingerprint density at radius 1 is 0.850 bits per heavy atom. The van der Waals surface area contributed by atoms with Gasteiger partial charge in [-0.05, 0) is 134 Å². The highest BCUT2D eigenvalue weighted by Crippen LogP contribution is 2.49. The number of nitrogens with one attached hydrogen (secondary N) is 1. The molecule has 2 aromatic rings. The maximum Gasteiger partial charge on any atom is 0.126 e. The van der Waals surface area contributed by atoms with Gasteiger partial charge in [-0.15, -0.1) is 0 Å². The number of aliphatic hydroxyl groups excluding tert-OH is 2. The fraction of sp³-hybridized carbons (Fsp3) is 0.717. The fourth-order valence-electron chi connectivity index (χ4n) is 7.34. The molecule has 1 fully saturated rings. The monoisotopic (exact) mass is 834 g/mol. The average molecular weight is 834 g/mol. The van der Waals surface area contributed by atoms with Crippen LogP contribution in [-0.4, -0.2) is 56.5 Å². The number of anilines is 1. The van der Waals surface area contributed by atoms with Gasteiger partial charge in [-0.1, -0.05) is 124 Å². The van der Waals surface area contributed by atoms with Gasteiger partial charge in [0.2, 0.25) is 0 Å². The van der Waals surface area contributed by atoms with Gasteiger partial charge in [0.15, 0.2) is 0 Å². The largest absolute Gasteiger partial charge is 0.396 e. The lowest BCUT2D eigenvalue weighted by Crippen LogP contribution is -2.39. The van der Waals surface area contributed by atoms with E-state index < -0.39 is 0 Å². The maximum absolute atomic E-state index is 10.3. The summed E-state index contributed by atoms with van der Waals surface area (Å²) in [5.74, 6) is 2.46. The van der Waals surface area contributed by atoms with E-state index in [1.807, 2.05) is 27.7 Å². The average Bonchev–Trinajstić information content (AvgIpc) is 4.01. The Bertz CT molecular complexity index is 1680. The molecule has 5 N–H and O–H groups in total. The Morgan fingerprint density at radius 3 is 1.87 bits per heavy atom. The van der Waals surface area contributed by atoms with Gasteiger partial charge < -0.3 is 15.9 Å². The first-order valence-electron chi connectivity index (χ1n) is 23.9. The molecule has 3 rings (SSSR count). The molecule has 0 radical (unpaired) electrons. The Morgan fingerprint density at radius 2 is 1.45 bits per heavy atom. The summed E-state index contributed by atoms with van der Waals surface area (Å²) in [4.78, 5) is 11.6. The molecule has 344 valence electrons. The molecule has 1 saturated carbocycles. The normalized spacial score (nSPS) is 14.6. The van der Waals surface area contributed by atoms with Crippen LogP contribution in [0.4, 0.5) is 5.69 Å². The molecule has 2 atom stereocenters. The Balaban J connectivity index is 0.000000980. The topological polar surface area (TPSA) is 119 Å². The van der Waals surface area contributed by atoms with E-state index >= 15 is 0 Å². The number of aromatic nitrogens is 2. The lowest BCUT2D eigenvalue weighted by molar-refractivity contribution is 0.127. The highest BCUT2D eigenvalue weighted by molar-refractivity contribution is 6.21. The number of fused-ring (bicyclic) bond motifs is 1. The van der Waals surface area contributed by atoms with E-state index in [2.05, 4.69) is 118 Å². The second-order valence-corrected chi connectivity index (χ2v) is 18.3. The Kier molecular flexibility index (Phi) is 28.0. The summed E-state index contributed by atoms with van der Waals surface area (Å²) in [6, 6.07) is 0.617. The van der Waals surface area contributed by atoms with Crippen LogP contribution in [0.1, 0.15) is 210 Å². The molecule has 1 aromatic carbocycles. The van der Waals surface area contributed by atoms with Crippen molar-refractivity contribution in [1.82, 2.24) is 14.9 Å². The van der Waals surface area contributed by atoms with Crippen molar-refractivity contribution in [2.24, 2.45) is 17.3 Å². The van der Waals surface area contributed by atoms with Crippen LogP contribution in [-0.2, 0) is 13.0 Å². The number of nitrogens with two attached hydrogens (primary N) is 1. The van der Waals surface area contributed by atoms with E-state index in [0.717, 1.165) is 68.5 Å². The van der Waals surface area contributed by atoms with Crippen LogP contribution < -0.4 is 5.73 Å². The summed E-state index contributed by atoms with van der Waals surface area (Å²) in [6.07, 6.45) is 17.7. The molecular formula is C53H95N5O2. The van der Waals surface area contributed by atoms with Crippen molar-refractivity contribution in [3.63, 3.8) is 0 Å². The smallest absolute Gasteiger partial charge is 0.126 e. The number of hydrogen-bond acceptors (Lipinski definition) is 7. The van der Waals surface area contributed by atoms with Gasteiger partial charge in [-0.3, -0.25) is 10.3 Å². The van der Waals surface area contributed by atoms with E-state index in [1.165, 1.54) is 77.2 Å². The number of unbranched alkanes of at least 4 members (excludes halogenated alkanes) is 3. The van der Waals surface area contributed by atoms with Crippen LogP contribution in [0.5, 0.6) is 0 Å². The molecule has 7 nitrogen and oxygen atoms in total. The van der Waals surface area contributed by atoms with Crippen LogP contribution in [0.3, 0.4) is 0 Å². The molecule has 0 saturated heterocycles. The van der Waals surface area contributed by atoms with E-state index in [1.54, 1.807) is 0 Å². The zero-order valence-corrected chi connectivity index (χ0v) is 42.4. The highest BCUT2D eigenvalue weighted by atomic mass is 16.3. The molecule has 0 bridgehead atoms. The second kappa shape index (κ2) is 29.4. The number of hydrogen-bond donors (Lipinski definition) is 4. The highest BCUT2D eigenvalue weighted by Gasteiger charge is 2.42. The van der Waals surface area contributed by atoms with Gasteiger partial charge in [0.05, 0.1) is 30.1 Å². The molecule has 1 heterocycles. The maximum atomic E-state index is 10.3. The molecule has 0 spiro atoms. The van der Waals surface area contributed by atoms with Crippen molar-refractivity contribution in [3.8, 4) is 0 Å². The first-order valence-corrected chi connectivity index (χ1v) is 23.9. The van der Waals surface area contributed by atoms with Crippen molar-refractivity contribution in [1.29, 1.82) is 5.41 Å². The molecule has 1 aliphatic carbocycles. The second-order valence-electron chi connectivity index (χ2n) is 18.3. The van der Waals surface area contributed by atoms with Gasteiger partial charge in [0.25, 0.3) is 0 Å².